The van der Waals surface area contributed by atoms with Gasteiger partial charge in [0, 0.05) is 99.7 Å². The van der Waals surface area contributed by atoms with Crippen LogP contribution >= 0.6 is 0 Å². The summed E-state index contributed by atoms with van der Waals surface area (Å²) in [7, 11) is 12.2. The van der Waals surface area contributed by atoms with Crippen LogP contribution in [0.2, 0.25) is 0 Å². The zero-order chi connectivity index (χ0) is 61.3. The third-order valence-electron chi connectivity index (χ3n) is 22.9. The Morgan fingerprint density at radius 1 is 0.424 bits per heavy atom. The molecular weight excluding hydrogens is 1100 g/mol. The van der Waals surface area contributed by atoms with Crippen molar-refractivity contribution in [2.45, 2.75) is 210 Å². The Morgan fingerprint density at radius 3 is 1.27 bits per heavy atom. The van der Waals surface area contributed by atoms with Crippen molar-refractivity contribution < 1.29 is 101 Å². The van der Waals surface area contributed by atoms with Crippen LogP contribution in [0.4, 0.5) is 0 Å². The maximum Gasteiger partial charge on any atom is 0.185 e. The van der Waals surface area contributed by atoms with Gasteiger partial charge >= 0.3 is 0 Å². The van der Waals surface area contributed by atoms with E-state index in [1.165, 1.54) is 100 Å². The zero-order valence-corrected chi connectivity index (χ0v) is 53.8. The molecule has 29 atom stereocenters. The lowest BCUT2D eigenvalue weighted by molar-refractivity contribution is -0.386. The van der Waals surface area contributed by atoms with Gasteiger partial charge in [0.25, 0.3) is 0 Å². The molecule has 0 amide bonds. The van der Waals surface area contributed by atoms with Crippen LogP contribution < -0.4 is 0 Å². The minimum atomic E-state index is -1.19. The summed E-state index contributed by atoms with van der Waals surface area (Å²) in [6.45, 7) is 10.9. The summed E-state index contributed by atoms with van der Waals surface area (Å²) in [6, 6.07) is 0. The largest absolute Gasteiger partial charge is 0.396 e. The fraction of sp³-hybridized carbons (Fsp3) is 1.00. The second-order valence-corrected chi connectivity index (χ2v) is 27.5. The number of hydrogen-bond acceptors (Lipinski definition) is 21. The number of rotatable bonds is 30. The van der Waals surface area contributed by atoms with Crippen molar-refractivity contribution in [1.29, 1.82) is 0 Å². The van der Waals surface area contributed by atoms with Gasteiger partial charge in [-0.05, 0) is 110 Å². The van der Waals surface area contributed by atoms with Gasteiger partial charge < -0.3 is 101 Å². The van der Waals surface area contributed by atoms with E-state index in [9.17, 15) is 25.5 Å². The van der Waals surface area contributed by atoms with Gasteiger partial charge in [-0.1, -0.05) is 53.9 Å². The third kappa shape index (κ3) is 14.7. The first-order valence-corrected chi connectivity index (χ1v) is 32.4. The van der Waals surface area contributed by atoms with Gasteiger partial charge in [-0.25, -0.2) is 0 Å². The molecule has 85 heavy (non-hydrogen) atoms. The molecule has 4 aliphatic carbocycles. The van der Waals surface area contributed by atoms with Crippen molar-refractivity contribution in [3.05, 3.63) is 0 Å². The lowest BCUT2D eigenvalue weighted by atomic mass is 9.44. The van der Waals surface area contributed by atoms with Crippen molar-refractivity contribution in [3.8, 4) is 0 Å². The summed E-state index contributed by atoms with van der Waals surface area (Å²) in [4.78, 5) is 0. The predicted molar refractivity (Wildman–Crippen MR) is 311 cm³/mol. The molecular formula is C64H114O21. The lowest BCUT2D eigenvalue weighted by Gasteiger charge is -2.61. The third-order valence-corrected chi connectivity index (χ3v) is 22.9. The zero-order valence-electron chi connectivity index (χ0n) is 53.8. The lowest BCUT2D eigenvalue weighted by Crippen LogP contribution is -2.66. The smallest absolute Gasteiger partial charge is 0.185 e. The van der Waals surface area contributed by atoms with Gasteiger partial charge in [0.1, 0.15) is 42.7 Å². The molecule has 8 rings (SSSR count). The molecule has 0 radical (unpaired) electrons. The average Bonchev–Trinajstić information content (AvgIpc) is 1.96. The highest BCUT2D eigenvalue weighted by atomic mass is 16.8. The molecule has 14 unspecified atom stereocenters. The van der Waals surface area contributed by atoms with Crippen LogP contribution in [-0.2, 0) is 75.8 Å². The Balaban J connectivity index is 0.942. The highest BCUT2D eigenvalue weighted by Gasteiger charge is 2.62. The van der Waals surface area contributed by atoms with Gasteiger partial charge in [-0.3, -0.25) is 0 Å². The van der Waals surface area contributed by atoms with Gasteiger partial charge in [0.15, 0.2) is 25.2 Å². The normalized spacial score (nSPS) is 46.2. The minimum absolute atomic E-state index is 0.0106. The molecule has 8 aliphatic rings. The number of fused-ring (bicyclic) bond motifs is 5. The van der Waals surface area contributed by atoms with Gasteiger partial charge in [-0.15, -0.1) is 0 Å². The summed E-state index contributed by atoms with van der Waals surface area (Å²) in [5.74, 6) is 1.94. The Bertz CT molecular complexity index is 1940. The SMILES string of the molecule is COCC1O[C@H](O[C@@H]2C(COC)O[C@H](O[C@@H]3C(COC)O[C@H](O[C@@H]4C(COC)O[C@@H](O[C@H]5CC[C@@]6(C)C(CCC7C8CCC(C(C)CCCC(C)C)[C@@]8(C)CCC76)C5)C(OC)[C@H]4CO)C(OC)[C@H]3CO)C(OC)[C@H]2CO)C(OC)[C@@H](CO)[C@@H]1CO. The van der Waals surface area contributed by atoms with Crippen LogP contribution in [0.25, 0.3) is 0 Å². The van der Waals surface area contributed by atoms with Crippen molar-refractivity contribution in [2.75, 3.05) is 116 Å². The van der Waals surface area contributed by atoms with E-state index in [4.69, 9.17) is 75.8 Å². The first-order valence-electron chi connectivity index (χ1n) is 32.4. The number of ether oxygens (including phenoxy) is 16. The fourth-order valence-electron chi connectivity index (χ4n) is 18.6. The molecule has 4 heterocycles. The number of aliphatic hydroxyl groups excluding tert-OH is 5. The highest BCUT2D eigenvalue weighted by molar-refractivity contribution is 5.10. The monoisotopic (exact) mass is 1220 g/mol. The van der Waals surface area contributed by atoms with Crippen LogP contribution in [0.3, 0.4) is 0 Å². The van der Waals surface area contributed by atoms with Crippen molar-refractivity contribution in [2.24, 2.45) is 81.8 Å². The molecule has 0 aromatic carbocycles. The van der Waals surface area contributed by atoms with Gasteiger partial charge in [-0.2, -0.15) is 0 Å². The molecule has 4 aliphatic heterocycles. The quantitative estimate of drug-likeness (QED) is 0.0577. The first kappa shape index (κ1) is 70.0. The molecule has 4 saturated carbocycles. The summed E-state index contributed by atoms with van der Waals surface area (Å²) in [6.07, 6.45) is 1.36. The molecule has 0 aromatic rings. The van der Waals surface area contributed by atoms with E-state index in [0.717, 1.165) is 54.8 Å². The van der Waals surface area contributed by atoms with E-state index < -0.39 is 135 Å². The molecule has 21 nitrogen and oxygen atoms in total. The number of hydrogen-bond donors (Lipinski definition) is 5. The van der Waals surface area contributed by atoms with Crippen LogP contribution in [0.5, 0.6) is 0 Å². The second kappa shape index (κ2) is 32.1. The Morgan fingerprint density at radius 2 is 0.835 bits per heavy atom. The molecule has 496 valence electrons. The maximum atomic E-state index is 11.4. The maximum absolute atomic E-state index is 11.4. The van der Waals surface area contributed by atoms with E-state index >= 15 is 0 Å². The van der Waals surface area contributed by atoms with Crippen LogP contribution in [0.1, 0.15) is 112 Å². The standard InChI is InChI=1S/C64H114O21/c1-35(2)15-14-16-36(3)45-19-20-46-39-18-17-37-25-38(21-23-63(37,4)47(39)22-24-64(45,46)5)78-59-56(75-11)42(28-67)52(49(80-59)32-71-7)84-61-58(77-13)44(30-69)54(51(82-61)34-73-9)85-62-57(76-12)43(29-68)53(50(81-62)33-72-8)83-60-55(74-10)41(27-66)40(26-65)48(79-60)31-70-6/h35-62,65-69H,14-34H2,1-13H3/t36?,37?,38-,39?,40-,41-,42-,43-,44-,45?,46?,47?,48?,49?,50?,51?,52-,53-,54-,55?,56?,57?,58?,59+,60+,61+,62+,63-,64+/m0/s1. The summed E-state index contributed by atoms with van der Waals surface area (Å²) in [5.41, 5.74) is 0.725. The Kier molecular flexibility index (Phi) is 26.5. The summed E-state index contributed by atoms with van der Waals surface area (Å²) in [5, 5.41) is 54.8. The highest BCUT2D eigenvalue weighted by Crippen LogP contribution is 2.68. The first-order chi connectivity index (χ1) is 41.0. The van der Waals surface area contributed by atoms with E-state index in [2.05, 4.69) is 34.6 Å². The minimum Gasteiger partial charge on any atom is -0.396 e. The molecule has 5 N–H and O–H groups in total. The van der Waals surface area contributed by atoms with E-state index in [0.29, 0.717) is 11.3 Å². The van der Waals surface area contributed by atoms with Gasteiger partial charge in [0.05, 0.1) is 76.8 Å². The molecule has 0 bridgehead atoms. The average molecular weight is 1220 g/mol. The van der Waals surface area contributed by atoms with Crippen molar-refractivity contribution in [1.82, 2.24) is 0 Å². The summed E-state index contributed by atoms with van der Waals surface area (Å²) >= 11 is 0. The Hall–Kier alpha value is -0.840. The summed E-state index contributed by atoms with van der Waals surface area (Å²) < 4.78 is 101. The van der Waals surface area contributed by atoms with E-state index in [1.54, 1.807) is 14.2 Å². The molecule has 21 heteroatoms. The number of aliphatic hydroxyl groups is 5. The van der Waals surface area contributed by atoms with Gasteiger partial charge in [0.2, 0.25) is 0 Å². The van der Waals surface area contributed by atoms with E-state index in [-0.39, 0.29) is 57.8 Å². The molecule has 0 aromatic heterocycles. The fourth-order valence-corrected chi connectivity index (χ4v) is 18.6. The van der Waals surface area contributed by atoms with Crippen LogP contribution in [0.15, 0.2) is 0 Å². The topological polar surface area (TPSA) is 249 Å². The van der Waals surface area contributed by atoms with Crippen molar-refractivity contribution in [3.63, 3.8) is 0 Å². The molecule has 4 saturated heterocycles. The van der Waals surface area contributed by atoms with Crippen LogP contribution in [-0.4, -0.2) is 240 Å². The van der Waals surface area contributed by atoms with Crippen molar-refractivity contribution >= 4 is 0 Å². The predicted octanol–water partition coefficient (Wildman–Crippen LogP) is 5.24. The second-order valence-electron chi connectivity index (χ2n) is 27.5. The Labute approximate surface area is 507 Å². The number of methoxy groups -OCH3 is 8. The van der Waals surface area contributed by atoms with Crippen LogP contribution in [0, 0.1) is 81.8 Å². The van der Waals surface area contributed by atoms with E-state index in [1.807, 2.05) is 0 Å². The molecule has 8 fully saturated rings. The molecule has 0 spiro atoms.